The van der Waals surface area contributed by atoms with E-state index in [1.807, 2.05) is 18.5 Å². The Morgan fingerprint density at radius 1 is 1.07 bits per heavy atom. The van der Waals surface area contributed by atoms with Gasteiger partial charge in [-0.2, -0.15) is 0 Å². The third-order valence-electron chi connectivity index (χ3n) is 6.18. The monoisotopic (exact) mass is 400 g/mol. The Kier molecular flexibility index (Phi) is 4.90. The second-order valence-electron chi connectivity index (χ2n) is 7.98. The van der Waals surface area contributed by atoms with Crippen LogP contribution in [0.1, 0.15) is 50.3 Å². The predicted molar refractivity (Wildman–Crippen MR) is 118 cm³/mol. The van der Waals surface area contributed by atoms with E-state index in [1.54, 1.807) is 11.3 Å². The molecule has 1 aromatic carbocycles. The fourth-order valence-electron chi connectivity index (χ4n) is 4.55. The van der Waals surface area contributed by atoms with Crippen molar-refractivity contribution in [1.29, 1.82) is 0 Å². The Morgan fingerprint density at radius 3 is 2.72 bits per heavy atom. The number of likely N-dealkylation sites (tertiary alicyclic amines) is 1. The van der Waals surface area contributed by atoms with Gasteiger partial charge in [0.1, 0.15) is 0 Å². The number of Topliss-reactive ketones (excluding diaryl/α,β-unsaturated/α-hetero) is 1. The number of benzene rings is 1. The first-order valence-corrected chi connectivity index (χ1v) is 11.1. The van der Waals surface area contributed by atoms with E-state index < -0.39 is 0 Å². The summed E-state index contributed by atoms with van der Waals surface area (Å²) in [6.45, 7) is 5.21. The maximum atomic E-state index is 12.8. The number of hydrogen-bond acceptors (Lipinski definition) is 4. The van der Waals surface area contributed by atoms with Crippen molar-refractivity contribution >= 4 is 22.7 Å². The minimum atomic E-state index is 0.252. The zero-order valence-corrected chi connectivity index (χ0v) is 17.5. The van der Waals surface area contributed by atoms with E-state index in [4.69, 9.17) is 0 Å². The normalized spacial score (nSPS) is 17.1. The zero-order valence-electron chi connectivity index (χ0n) is 16.6. The van der Waals surface area contributed by atoms with Gasteiger partial charge in [0.15, 0.2) is 5.78 Å². The Bertz CT molecular complexity index is 1100. The van der Waals surface area contributed by atoms with E-state index in [1.165, 1.54) is 27.8 Å². The number of pyridine rings is 1. The highest BCUT2D eigenvalue weighted by atomic mass is 32.1. The molecule has 1 saturated heterocycles. The highest BCUT2D eigenvalue weighted by molar-refractivity contribution is 7.12. The number of piperidine rings is 1. The number of nitrogens with zero attached hydrogens (tertiary/aromatic N) is 2. The lowest BCUT2D eigenvalue weighted by atomic mass is 9.87. The standard InChI is InChI=1S/C25H24N2OS/c1-17-6-10-26-15-20(17)16-27-11-7-18(8-12-27)24-21-5-3-2-4-19(21)14-23(28)25-22(24)9-13-29-25/h2-6,9-10,13,15H,7-8,11-12,14,16H2,1H3. The maximum absolute atomic E-state index is 12.8. The molecule has 29 heavy (non-hydrogen) atoms. The third-order valence-corrected chi connectivity index (χ3v) is 7.14. The van der Waals surface area contributed by atoms with Gasteiger partial charge in [-0.05, 0) is 65.1 Å². The quantitative estimate of drug-likeness (QED) is 0.586. The molecule has 2 aromatic heterocycles. The summed E-state index contributed by atoms with van der Waals surface area (Å²) < 4.78 is 0. The molecule has 0 saturated carbocycles. The highest BCUT2D eigenvalue weighted by Crippen LogP contribution is 2.40. The van der Waals surface area contributed by atoms with Gasteiger partial charge in [-0.1, -0.05) is 29.8 Å². The molecule has 1 fully saturated rings. The van der Waals surface area contributed by atoms with Crippen molar-refractivity contribution in [2.45, 2.75) is 32.7 Å². The molecule has 1 aliphatic carbocycles. The summed E-state index contributed by atoms with van der Waals surface area (Å²) in [6.07, 6.45) is 6.46. The van der Waals surface area contributed by atoms with Gasteiger partial charge < -0.3 is 0 Å². The fraction of sp³-hybridized carbons (Fsp3) is 0.280. The number of carbonyl (C=O) groups excluding carboxylic acids is 1. The Hall–Kier alpha value is -2.56. The van der Waals surface area contributed by atoms with Crippen LogP contribution in [0.4, 0.5) is 0 Å². The molecule has 5 rings (SSSR count). The summed E-state index contributed by atoms with van der Waals surface area (Å²) in [4.78, 5) is 20.6. The molecule has 3 aromatic rings. The highest BCUT2D eigenvalue weighted by Gasteiger charge is 2.28. The van der Waals surface area contributed by atoms with Gasteiger partial charge in [-0.15, -0.1) is 11.3 Å². The van der Waals surface area contributed by atoms with Gasteiger partial charge in [0.05, 0.1) is 4.88 Å². The van der Waals surface area contributed by atoms with Crippen LogP contribution in [-0.2, 0) is 13.0 Å². The number of carbonyl (C=O) groups is 1. The van der Waals surface area contributed by atoms with Gasteiger partial charge in [-0.25, -0.2) is 0 Å². The number of fused-ring (bicyclic) bond motifs is 2. The van der Waals surface area contributed by atoms with E-state index in [0.29, 0.717) is 6.42 Å². The van der Waals surface area contributed by atoms with Crippen molar-refractivity contribution in [3.8, 4) is 0 Å². The van der Waals surface area contributed by atoms with Crippen LogP contribution < -0.4 is 0 Å². The van der Waals surface area contributed by atoms with Gasteiger partial charge >= 0.3 is 0 Å². The molecule has 1 aliphatic heterocycles. The second kappa shape index (κ2) is 7.69. The van der Waals surface area contributed by atoms with E-state index in [-0.39, 0.29) is 5.78 Å². The van der Waals surface area contributed by atoms with Crippen molar-refractivity contribution in [3.63, 3.8) is 0 Å². The largest absolute Gasteiger partial charge is 0.298 e. The van der Waals surface area contributed by atoms with Crippen molar-refractivity contribution in [2.75, 3.05) is 13.1 Å². The predicted octanol–water partition coefficient (Wildman–Crippen LogP) is 5.29. The molecule has 4 heteroatoms. The van der Waals surface area contributed by atoms with Crippen molar-refractivity contribution in [2.24, 2.45) is 0 Å². The van der Waals surface area contributed by atoms with Crippen molar-refractivity contribution < 1.29 is 4.79 Å². The lowest BCUT2D eigenvalue weighted by Gasteiger charge is -2.30. The molecule has 3 nitrogen and oxygen atoms in total. The average molecular weight is 401 g/mol. The number of aryl methyl sites for hydroxylation is 1. The van der Waals surface area contributed by atoms with Gasteiger partial charge in [0.25, 0.3) is 0 Å². The van der Waals surface area contributed by atoms with E-state index in [2.05, 4.69) is 52.5 Å². The van der Waals surface area contributed by atoms with Crippen LogP contribution in [-0.4, -0.2) is 28.8 Å². The van der Waals surface area contributed by atoms with Gasteiger partial charge in [-0.3, -0.25) is 14.7 Å². The summed E-state index contributed by atoms with van der Waals surface area (Å²) in [5, 5.41) is 2.07. The molecule has 0 spiro atoms. The van der Waals surface area contributed by atoms with E-state index in [0.717, 1.165) is 48.5 Å². The molecule has 0 atom stereocenters. The first kappa shape index (κ1) is 18.5. The second-order valence-corrected chi connectivity index (χ2v) is 8.89. The lowest BCUT2D eigenvalue weighted by molar-refractivity contribution is 0.0997. The van der Waals surface area contributed by atoms with Crippen LogP contribution in [0.2, 0.25) is 0 Å². The Labute approximate surface area is 175 Å². The average Bonchev–Trinajstić information content (AvgIpc) is 3.18. The summed E-state index contributed by atoms with van der Waals surface area (Å²) >= 11 is 1.59. The molecule has 0 bridgehead atoms. The fourth-order valence-corrected chi connectivity index (χ4v) is 5.39. The molecular formula is C25H24N2OS. The molecule has 0 amide bonds. The first-order chi connectivity index (χ1) is 14.2. The zero-order chi connectivity index (χ0) is 19.8. The topological polar surface area (TPSA) is 33.2 Å². The smallest absolute Gasteiger partial charge is 0.177 e. The molecule has 3 heterocycles. The SMILES string of the molecule is Cc1ccncc1CN1CCC(=C2c3ccccc3CC(=O)c3sccc32)CC1. The summed E-state index contributed by atoms with van der Waals surface area (Å²) in [6, 6.07) is 12.7. The summed E-state index contributed by atoms with van der Waals surface area (Å²) in [7, 11) is 0. The van der Waals surface area contributed by atoms with Crippen molar-refractivity contribution in [3.05, 3.63) is 92.4 Å². The minimum absolute atomic E-state index is 0.252. The summed E-state index contributed by atoms with van der Waals surface area (Å²) in [5.74, 6) is 0.252. The van der Waals surface area contributed by atoms with Crippen LogP contribution in [0.15, 0.2) is 59.7 Å². The summed E-state index contributed by atoms with van der Waals surface area (Å²) in [5.41, 5.74) is 9.00. The van der Waals surface area contributed by atoms with Crippen LogP contribution in [0.25, 0.3) is 5.57 Å². The number of ketones is 1. The molecule has 0 radical (unpaired) electrons. The Balaban J connectivity index is 1.48. The van der Waals surface area contributed by atoms with Gasteiger partial charge in [0.2, 0.25) is 0 Å². The number of thiophene rings is 1. The lowest BCUT2D eigenvalue weighted by Crippen LogP contribution is -2.31. The molecule has 146 valence electrons. The van der Waals surface area contributed by atoms with Gasteiger partial charge in [0, 0.05) is 44.0 Å². The van der Waals surface area contributed by atoms with Crippen LogP contribution in [0.5, 0.6) is 0 Å². The van der Waals surface area contributed by atoms with E-state index in [9.17, 15) is 4.79 Å². The molecule has 2 aliphatic rings. The van der Waals surface area contributed by atoms with Crippen LogP contribution in [0, 0.1) is 6.92 Å². The maximum Gasteiger partial charge on any atom is 0.177 e. The van der Waals surface area contributed by atoms with Crippen LogP contribution in [0.3, 0.4) is 0 Å². The molecule has 0 unspecified atom stereocenters. The third kappa shape index (κ3) is 3.47. The molecular weight excluding hydrogens is 376 g/mol. The Morgan fingerprint density at radius 2 is 1.90 bits per heavy atom. The van der Waals surface area contributed by atoms with Crippen LogP contribution >= 0.6 is 11.3 Å². The first-order valence-electron chi connectivity index (χ1n) is 10.2. The number of hydrogen-bond donors (Lipinski definition) is 0. The van der Waals surface area contributed by atoms with E-state index >= 15 is 0 Å². The molecule has 0 N–H and O–H groups in total. The number of rotatable bonds is 2. The minimum Gasteiger partial charge on any atom is -0.298 e. The van der Waals surface area contributed by atoms with Crippen molar-refractivity contribution in [1.82, 2.24) is 9.88 Å². The number of aromatic nitrogens is 1.